The number of hydrogen-bond donors (Lipinski definition) is 1. The van der Waals surface area contributed by atoms with Gasteiger partial charge in [-0.15, -0.1) is 15.3 Å². The van der Waals surface area contributed by atoms with Crippen LogP contribution in [0.3, 0.4) is 0 Å². The van der Waals surface area contributed by atoms with Crippen molar-refractivity contribution >= 4 is 17.4 Å². The van der Waals surface area contributed by atoms with Gasteiger partial charge in [-0.1, -0.05) is 0 Å². The molecule has 0 atom stereocenters. The highest BCUT2D eigenvalue weighted by Gasteiger charge is 2.16. The Morgan fingerprint density at radius 1 is 1.28 bits per heavy atom. The molecule has 8 nitrogen and oxygen atoms in total. The third kappa shape index (κ3) is 1.76. The lowest BCUT2D eigenvalue weighted by Gasteiger charge is -2.27. The minimum atomic E-state index is -0.644. The van der Waals surface area contributed by atoms with Crippen molar-refractivity contribution in [3.63, 3.8) is 0 Å². The quantitative estimate of drug-likeness (QED) is 0.736. The lowest BCUT2D eigenvalue weighted by molar-refractivity contribution is 0.0988. The van der Waals surface area contributed by atoms with E-state index in [1.807, 2.05) is 6.07 Å². The zero-order valence-corrected chi connectivity index (χ0v) is 9.61. The van der Waals surface area contributed by atoms with Crippen molar-refractivity contribution in [3.8, 4) is 0 Å². The Hall–Kier alpha value is -2.22. The van der Waals surface area contributed by atoms with Gasteiger partial charge in [0.05, 0.1) is 13.2 Å². The van der Waals surface area contributed by atoms with Crippen LogP contribution >= 0.6 is 0 Å². The summed E-state index contributed by atoms with van der Waals surface area (Å²) in [6.45, 7) is 2.88. The molecule has 0 aromatic carbocycles. The van der Waals surface area contributed by atoms with Gasteiger partial charge in [-0.25, -0.2) is 0 Å². The average Bonchev–Trinajstić information content (AvgIpc) is 2.82. The van der Waals surface area contributed by atoms with Crippen LogP contribution in [0.4, 0.5) is 5.82 Å². The number of carbonyl (C=O) groups excluding carboxylic acids is 1. The van der Waals surface area contributed by atoms with Crippen LogP contribution in [0.1, 0.15) is 10.6 Å². The van der Waals surface area contributed by atoms with Crippen molar-refractivity contribution in [3.05, 3.63) is 18.0 Å². The van der Waals surface area contributed by atoms with Crippen LogP contribution in [0.25, 0.3) is 5.65 Å². The van der Waals surface area contributed by atoms with Gasteiger partial charge in [0, 0.05) is 13.1 Å². The second kappa shape index (κ2) is 4.22. The summed E-state index contributed by atoms with van der Waals surface area (Å²) in [6.07, 6.45) is 0. The molecule has 1 fully saturated rings. The highest BCUT2D eigenvalue weighted by atomic mass is 16.5. The Morgan fingerprint density at radius 2 is 2.06 bits per heavy atom. The lowest BCUT2D eigenvalue weighted by atomic mass is 10.4. The summed E-state index contributed by atoms with van der Waals surface area (Å²) in [5.74, 6) is 0.155. The maximum Gasteiger partial charge on any atom is 0.288 e. The molecule has 2 N–H and O–H groups in total. The number of nitrogens with two attached hydrogens (primary N) is 1. The number of carbonyl (C=O) groups is 1. The van der Waals surface area contributed by atoms with Crippen molar-refractivity contribution in [2.75, 3.05) is 31.2 Å². The maximum absolute atomic E-state index is 11.2. The number of rotatable bonds is 2. The molecular weight excluding hydrogens is 236 g/mol. The fourth-order valence-corrected chi connectivity index (χ4v) is 1.89. The number of morpholine rings is 1. The van der Waals surface area contributed by atoms with Crippen LogP contribution in [-0.2, 0) is 4.74 Å². The lowest BCUT2D eigenvalue weighted by Crippen LogP contribution is -2.37. The average molecular weight is 248 g/mol. The van der Waals surface area contributed by atoms with Crippen molar-refractivity contribution < 1.29 is 9.53 Å². The van der Waals surface area contributed by atoms with Crippen molar-refractivity contribution in [2.24, 2.45) is 5.73 Å². The summed E-state index contributed by atoms with van der Waals surface area (Å²) < 4.78 is 6.65. The minimum Gasteiger partial charge on any atom is -0.378 e. The molecule has 0 radical (unpaired) electrons. The third-order valence-corrected chi connectivity index (χ3v) is 2.80. The molecule has 1 saturated heterocycles. The van der Waals surface area contributed by atoms with Gasteiger partial charge in [-0.05, 0) is 12.1 Å². The molecule has 2 aromatic heterocycles. The van der Waals surface area contributed by atoms with E-state index in [0.717, 1.165) is 18.9 Å². The van der Waals surface area contributed by atoms with E-state index in [9.17, 15) is 4.79 Å². The Balaban J connectivity index is 2.03. The molecular formula is C10H12N6O2. The van der Waals surface area contributed by atoms with Crippen LogP contribution in [0.15, 0.2) is 12.1 Å². The first-order valence-electron chi connectivity index (χ1n) is 5.60. The predicted octanol–water partition coefficient (Wildman–Crippen LogP) is -0.940. The van der Waals surface area contributed by atoms with Gasteiger partial charge in [0.25, 0.3) is 5.91 Å². The number of anilines is 1. The molecule has 0 unspecified atom stereocenters. The van der Waals surface area contributed by atoms with E-state index < -0.39 is 5.91 Å². The van der Waals surface area contributed by atoms with E-state index in [1.165, 1.54) is 4.52 Å². The van der Waals surface area contributed by atoms with Crippen LogP contribution in [0, 0.1) is 0 Å². The molecule has 0 saturated carbocycles. The highest BCUT2D eigenvalue weighted by molar-refractivity contribution is 5.89. The predicted molar refractivity (Wildman–Crippen MR) is 62.3 cm³/mol. The zero-order chi connectivity index (χ0) is 12.5. The van der Waals surface area contributed by atoms with E-state index in [4.69, 9.17) is 10.5 Å². The topological polar surface area (TPSA) is 98.6 Å². The zero-order valence-electron chi connectivity index (χ0n) is 9.61. The normalized spacial score (nSPS) is 16.1. The van der Waals surface area contributed by atoms with E-state index in [0.29, 0.717) is 18.9 Å². The van der Waals surface area contributed by atoms with Gasteiger partial charge in [-0.2, -0.15) is 4.52 Å². The Bertz CT molecular complexity index is 589. The molecule has 94 valence electrons. The summed E-state index contributed by atoms with van der Waals surface area (Å²) >= 11 is 0. The second-order valence-electron chi connectivity index (χ2n) is 3.95. The number of nitrogens with zero attached hydrogens (tertiary/aromatic N) is 5. The number of fused-ring (bicyclic) bond motifs is 1. The van der Waals surface area contributed by atoms with Gasteiger partial charge < -0.3 is 15.4 Å². The molecule has 8 heteroatoms. The Labute approximate surface area is 102 Å². The molecule has 3 heterocycles. The number of primary amides is 1. The summed E-state index contributed by atoms with van der Waals surface area (Å²) in [5.41, 5.74) is 5.72. The van der Waals surface area contributed by atoms with Gasteiger partial charge >= 0.3 is 0 Å². The third-order valence-electron chi connectivity index (χ3n) is 2.80. The number of amides is 1. The van der Waals surface area contributed by atoms with Crippen LogP contribution < -0.4 is 10.6 Å². The highest BCUT2D eigenvalue weighted by Crippen LogP contribution is 2.13. The van der Waals surface area contributed by atoms with Gasteiger partial charge in [0.1, 0.15) is 5.82 Å². The van der Waals surface area contributed by atoms with Crippen LogP contribution in [0.5, 0.6) is 0 Å². The monoisotopic (exact) mass is 248 g/mol. The van der Waals surface area contributed by atoms with E-state index in [1.54, 1.807) is 6.07 Å². The molecule has 0 aliphatic carbocycles. The molecule has 1 aliphatic heterocycles. The fraction of sp³-hybridized carbons (Fsp3) is 0.400. The van der Waals surface area contributed by atoms with E-state index >= 15 is 0 Å². The summed E-state index contributed by atoms with van der Waals surface area (Å²) in [4.78, 5) is 13.3. The van der Waals surface area contributed by atoms with Crippen molar-refractivity contribution in [2.45, 2.75) is 0 Å². The van der Waals surface area contributed by atoms with Gasteiger partial charge in [-0.3, -0.25) is 4.79 Å². The maximum atomic E-state index is 11.2. The van der Waals surface area contributed by atoms with Crippen LogP contribution in [-0.4, -0.2) is 52.0 Å². The first-order valence-corrected chi connectivity index (χ1v) is 5.60. The molecule has 18 heavy (non-hydrogen) atoms. The first kappa shape index (κ1) is 10.9. The minimum absolute atomic E-state index is 0.0418. The smallest absolute Gasteiger partial charge is 0.288 e. The molecule has 1 amide bonds. The number of ether oxygens (including phenoxy) is 1. The largest absolute Gasteiger partial charge is 0.378 e. The molecule has 2 aromatic rings. The fourth-order valence-electron chi connectivity index (χ4n) is 1.89. The molecule has 3 rings (SSSR count). The van der Waals surface area contributed by atoms with Crippen LogP contribution in [0.2, 0.25) is 0 Å². The first-order chi connectivity index (χ1) is 8.75. The summed E-state index contributed by atoms with van der Waals surface area (Å²) in [6, 6.07) is 3.61. The SMILES string of the molecule is NC(=O)c1nnc2ccc(N3CCOCC3)nn12. The molecule has 1 aliphatic rings. The summed E-state index contributed by atoms with van der Waals surface area (Å²) in [5, 5.41) is 11.9. The van der Waals surface area contributed by atoms with Gasteiger partial charge in [0.2, 0.25) is 5.82 Å². The van der Waals surface area contributed by atoms with E-state index in [-0.39, 0.29) is 5.82 Å². The van der Waals surface area contributed by atoms with Crippen molar-refractivity contribution in [1.82, 2.24) is 19.8 Å². The standard InChI is InChI=1S/C10H12N6O2/c11-9(17)10-13-12-7-1-2-8(14-16(7)10)15-3-5-18-6-4-15/h1-2H,3-6H2,(H2,11,17). The van der Waals surface area contributed by atoms with Crippen molar-refractivity contribution in [1.29, 1.82) is 0 Å². The Kier molecular flexibility index (Phi) is 2.56. The van der Waals surface area contributed by atoms with E-state index in [2.05, 4.69) is 20.2 Å². The summed E-state index contributed by atoms with van der Waals surface area (Å²) in [7, 11) is 0. The van der Waals surface area contributed by atoms with Gasteiger partial charge in [0.15, 0.2) is 5.65 Å². The Morgan fingerprint density at radius 3 is 2.78 bits per heavy atom. The second-order valence-corrected chi connectivity index (χ2v) is 3.95. The molecule has 0 bridgehead atoms. The molecule has 0 spiro atoms. The number of hydrogen-bond acceptors (Lipinski definition) is 6. The number of aromatic nitrogens is 4.